The summed E-state index contributed by atoms with van der Waals surface area (Å²) in [6, 6.07) is 19.5. The van der Waals surface area contributed by atoms with Gasteiger partial charge in [0, 0.05) is 18.7 Å². The highest BCUT2D eigenvalue weighted by atomic mass is 16.3. The number of nitrogens with zero attached hydrogens (tertiary/aromatic N) is 1. The summed E-state index contributed by atoms with van der Waals surface area (Å²) in [5.41, 5.74) is 1.13. The molecule has 1 N–H and O–H groups in total. The van der Waals surface area contributed by atoms with Crippen LogP contribution in [0.4, 0.5) is 0 Å². The van der Waals surface area contributed by atoms with Crippen LogP contribution in [0, 0.1) is 11.8 Å². The Kier molecular flexibility index (Phi) is 3.99. The lowest BCUT2D eigenvalue weighted by Crippen LogP contribution is -2.31. The molecule has 2 aliphatic rings. The Morgan fingerprint density at radius 2 is 1.50 bits per heavy atom. The van der Waals surface area contributed by atoms with Gasteiger partial charge >= 0.3 is 0 Å². The van der Waals surface area contributed by atoms with Crippen LogP contribution < -0.4 is 0 Å². The Labute approximate surface area is 142 Å². The highest BCUT2D eigenvalue weighted by molar-refractivity contribution is 5.97. The van der Waals surface area contributed by atoms with Gasteiger partial charge in [0.15, 0.2) is 5.78 Å². The summed E-state index contributed by atoms with van der Waals surface area (Å²) in [6.45, 7) is 2.32. The number of benzene rings is 2. The van der Waals surface area contributed by atoms with E-state index in [4.69, 9.17) is 0 Å². The summed E-state index contributed by atoms with van der Waals surface area (Å²) in [7, 11) is 0. The lowest BCUT2D eigenvalue weighted by molar-refractivity contribution is 0.0315. The molecule has 0 radical (unpaired) electrons. The molecule has 3 nitrogen and oxygen atoms in total. The van der Waals surface area contributed by atoms with Crippen LogP contribution in [0.15, 0.2) is 60.7 Å². The molecule has 1 aliphatic carbocycles. The molecule has 3 heteroatoms. The molecule has 124 valence electrons. The molecule has 0 unspecified atom stereocenters. The van der Waals surface area contributed by atoms with E-state index >= 15 is 0 Å². The minimum atomic E-state index is -0.688. The molecule has 1 aliphatic heterocycles. The summed E-state index contributed by atoms with van der Waals surface area (Å²) in [6.07, 6.45) is 1.61. The van der Waals surface area contributed by atoms with Crippen molar-refractivity contribution in [2.45, 2.75) is 18.4 Å². The van der Waals surface area contributed by atoms with Crippen molar-refractivity contribution in [3.8, 4) is 0 Å². The number of fused-ring (bicyclic) bond motifs is 1. The van der Waals surface area contributed by atoms with Crippen molar-refractivity contribution >= 4 is 5.78 Å². The molecular formula is C21H23NO2. The van der Waals surface area contributed by atoms with Crippen molar-refractivity contribution in [1.82, 2.24) is 4.90 Å². The molecule has 1 saturated carbocycles. The number of carbonyl (C=O) groups is 1. The van der Waals surface area contributed by atoms with Crippen molar-refractivity contribution in [2.75, 3.05) is 19.6 Å². The number of hydrogen-bond donors (Lipinski definition) is 1. The van der Waals surface area contributed by atoms with Crippen molar-refractivity contribution in [1.29, 1.82) is 0 Å². The second-order valence-electron chi connectivity index (χ2n) is 7.31. The zero-order valence-corrected chi connectivity index (χ0v) is 13.8. The van der Waals surface area contributed by atoms with Crippen LogP contribution in [0.3, 0.4) is 0 Å². The smallest absolute Gasteiger partial charge is 0.176 e. The van der Waals surface area contributed by atoms with Gasteiger partial charge in [-0.2, -0.15) is 0 Å². The highest BCUT2D eigenvalue weighted by Crippen LogP contribution is 2.48. The first-order valence-electron chi connectivity index (χ1n) is 8.72. The summed E-state index contributed by atoms with van der Waals surface area (Å²) >= 11 is 0. The Hall–Kier alpha value is -1.97. The number of likely N-dealkylation sites (tertiary alicyclic amines) is 1. The van der Waals surface area contributed by atoms with Crippen LogP contribution in [-0.2, 0) is 5.60 Å². The molecule has 2 aromatic rings. The van der Waals surface area contributed by atoms with Gasteiger partial charge in [0.1, 0.15) is 0 Å². The second kappa shape index (κ2) is 6.15. The van der Waals surface area contributed by atoms with Gasteiger partial charge in [-0.15, -0.1) is 0 Å². The number of hydrogen-bond acceptors (Lipinski definition) is 3. The first kappa shape index (κ1) is 15.6. The molecule has 0 aromatic heterocycles. The summed E-state index contributed by atoms with van der Waals surface area (Å²) in [5, 5.41) is 11.0. The minimum absolute atomic E-state index is 0.189. The maximum Gasteiger partial charge on any atom is 0.176 e. The van der Waals surface area contributed by atoms with E-state index in [0.29, 0.717) is 18.4 Å². The SMILES string of the molecule is O=C(CN1C[C@@H]2C[C@@](O)(c3ccccc3)C[C@@H]2C1)c1ccccc1. The molecule has 2 fully saturated rings. The number of Topliss-reactive ketones (excluding diaryl/α,β-unsaturated/α-hetero) is 1. The zero-order valence-electron chi connectivity index (χ0n) is 13.8. The van der Waals surface area contributed by atoms with Gasteiger partial charge in [0.05, 0.1) is 12.1 Å². The summed E-state index contributed by atoms with van der Waals surface area (Å²) < 4.78 is 0. The van der Waals surface area contributed by atoms with E-state index in [1.165, 1.54) is 0 Å². The zero-order chi connectivity index (χ0) is 16.6. The number of ketones is 1. The van der Waals surface area contributed by atoms with E-state index in [0.717, 1.165) is 37.1 Å². The minimum Gasteiger partial charge on any atom is -0.385 e. The molecule has 2 aromatic carbocycles. The quantitative estimate of drug-likeness (QED) is 0.880. The number of rotatable bonds is 4. The molecule has 0 spiro atoms. The first-order valence-corrected chi connectivity index (χ1v) is 8.72. The molecule has 1 heterocycles. The third-order valence-electron chi connectivity index (χ3n) is 5.63. The molecule has 1 saturated heterocycles. The van der Waals surface area contributed by atoms with E-state index in [1.807, 2.05) is 60.7 Å². The number of carbonyl (C=O) groups excluding carboxylic acids is 1. The molecule has 0 amide bonds. The maximum atomic E-state index is 12.4. The Bertz CT molecular complexity index is 699. The van der Waals surface area contributed by atoms with Gasteiger partial charge in [0.2, 0.25) is 0 Å². The lowest BCUT2D eigenvalue weighted by Gasteiger charge is -2.26. The van der Waals surface area contributed by atoms with E-state index in [1.54, 1.807) is 0 Å². The molecule has 24 heavy (non-hydrogen) atoms. The highest BCUT2D eigenvalue weighted by Gasteiger charge is 2.49. The Balaban J connectivity index is 1.39. The Morgan fingerprint density at radius 1 is 0.958 bits per heavy atom. The van der Waals surface area contributed by atoms with Crippen LogP contribution in [0.5, 0.6) is 0 Å². The van der Waals surface area contributed by atoms with Crippen molar-refractivity contribution in [2.24, 2.45) is 11.8 Å². The van der Waals surface area contributed by atoms with Crippen LogP contribution in [0.25, 0.3) is 0 Å². The second-order valence-corrected chi connectivity index (χ2v) is 7.31. The fourth-order valence-corrected chi connectivity index (χ4v) is 4.48. The average molecular weight is 321 g/mol. The molecular weight excluding hydrogens is 298 g/mol. The molecule has 3 atom stereocenters. The van der Waals surface area contributed by atoms with E-state index in [9.17, 15) is 9.90 Å². The largest absolute Gasteiger partial charge is 0.385 e. The third-order valence-corrected chi connectivity index (χ3v) is 5.63. The third kappa shape index (κ3) is 2.90. The predicted octanol–water partition coefficient (Wildman–Crippen LogP) is 3.10. The van der Waals surface area contributed by atoms with E-state index in [2.05, 4.69) is 4.90 Å². The van der Waals surface area contributed by atoms with E-state index < -0.39 is 5.60 Å². The average Bonchev–Trinajstić information content (AvgIpc) is 3.11. The van der Waals surface area contributed by atoms with Crippen molar-refractivity contribution in [3.63, 3.8) is 0 Å². The van der Waals surface area contributed by atoms with Gasteiger partial charge in [-0.3, -0.25) is 9.69 Å². The Morgan fingerprint density at radius 3 is 2.08 bits per heavy atom. The summed E-state index contributed by atoms with van der Waals surface area (Å²) in [4.78, 5) is 14.6. The standard InChI is InChI=1S/C21H23NO2/c23-20(16-7-3-1-4-8-16)15-22-13-17-11-21(24,12-18(17)14-22)19-9-5-2-6-10-19/h1-10,17-18,24H,11-15H2/t17-,18+,21-. The van der Waals surface area contributed by atoms with Gasteiger partial charge in [-0.05, 0) is 30.2 Å². The molecule has 0 bridgehead atoms. The monoisotopic (exact) mass is 321 g/mol. The normalized spacial score (nSPS) is 29.5. The number of aliphatic hydroxyl groups is 1. The summed E-state index contributed by atoms with van der Waals surface area (Å²) in [5.74, 6) is 1.16. The predicted molar refractivity (Wildman–Crippen MR) is 93.8 cm³/mol. The van der Waals surface area contributed by atoms with E-state index in [-0.39, 0.29) is 5.78 Å². The fraction of sp³-hybridized carbons (Fsp3) is 0.381. The molecule has 4 rings (SSSR count). The van der Waals surface area contributed by atoms with Crippen LogP contribution >= 0.6 is 0 Å². The van der Waals surface area contributed by atoms with Crippen LogP contribution in [-0.4, -0.2) is 35.4 Å². The topological polar surface area (TPSA) is 40.5 Å². The van der Waals surface area contributed by atoms with Crippen LogP contribution in [0.1, 0.15) is 28.8 Å². The van der Waals surface area contributed by atoms with Crippen LogP contribution in [0.2, 0.25) is 0 Å². The maximum absolute atomic E-state index is 12.4. The van der Waals surface area contributed by atoms with Gasteiger partial charge in [-0.25, -0.2) is 0 Å². The van der Waals surface area contributed by atoms with Crippen molar-refractivity contribution in [3.05, 3.63) is 71.8 Å². The van der Waals surface area contributed by atoms with Gasteiger partial charge < -0.3 is 5.11 Å². The lowest BCUT2D eigenvalue weighted by atomic mass is 9.90. The fourth-order valence-electron chi connectivity index (χ4n) is 4.48. The first-order chi connectivity index (χ1) is 11.6. The van der Waals surface area contributed by atoms with Crippen molar-refractivity contribution < 1.29 is 9.90 Å². The van der Waals surface area contributed by atoms with Gasteiger partial charge in [0.25, 0.3) is 0 Å². The van der Waals surface area contributed by atoms with Gasteiger partial charge in [-0.1, -0.05) is 60.7 Å².